The molecule has 26 heavy (non-hydrogen) atoms. The van der Waals surface area contributed by atoms with E-state index in [2.05, 4.69) is 10.2 Å². The molecule has 1 aromatic heterocycles. The number of nitro groups is 1. The second-order valence-electron chi connectivity index (χ2n) is 6.37. The summed E-state index contributed by atoms with van der Waals surface area (Å²) in [7, 11) is 0. The third-order valence-electron chi connectivity index (χ3n) is 4.68. The number of rotatable bonds is 3. The number of aryl methyl sites for hydroxylation is 2. The van der Waals surface area contributed by atoms with Gasteiger partial charge in [-0.3, -0.25) is 24.9 Å². The van der Waals surface area contributed by atoms with E-state index in [0.29, 0.717) is 5.69 Å². The number of aromatic amines is 1. The zero-order valence-corrected chi connectivity index (χ0v) is 14.3. The quantitative estimate of drug-likeness (QED) is 0.577. The SMILES string of the molecule is Cc1ccc(N2C(=O)c3n[nH]c(C)c3C2c2ccc([N+](=O)[O-])cc2)cc1. The number of benzene rings is 2. The fourth-order valence-corrected chi connectivity index (χ4v) is 3.36. The van der Waals surface area contributed by atoms with Crippen molar-refractivity contribution in [2.24, 2.45) is 0 Å². The van der Waals surface area contributed by atoms with E-state index in [1.807, 2.05) is 38.1 Å². The molecule has 1 N–H and O–H groups in total. The number of hydrogen-bond acceptors (Lipinski definition) is 4. The summed E-state index contributed by atoms with van der Waals surface area (Å²) in [5, 5.41) is 18.0. The Balaban J connectivity index is 1.86. The van der Waals surface area contributed by atoms with Crippen LogP contribution in [0.25, 0.3) is 0 Å². The minimum atomic E-state index is -0.435. The Hall–Kier alpha value is -3.48. The number of anilines is 1. The van der Waals surface area contributed by atoms with Gasteiger partial charge in [0.15, 0.2) is 5.69 Å². The highest BCUT2D eigenvalue weighted by Crippen LogP contribution is 2.42. The molecule has 1 atom stereocenters. The van der Waals surface area contributed by atoms with Gasteiger partial charge in [-0.1, -0.05) is 17.7 Å². The fourth-order valence-electron chi connectivity index (χ4n) is 3.36. The number of non-ortho nitro benzene ring substituents is 1. The van der Waals surface area contributed by atoms with Crippen molar-refractivity contribution in [2.45, 2.75) is 19.9 Å². The average Bonchev–Trinajstić information content (AvgIpc) is 3.15. The van der Waals surface area contributed by atoms with Crippen molar-refractivity contribution >= 4 is 17.3 Å². The lowest BCUT2D eigenvalue weighted by molar-refractivity contribution is -0.384. The summed E-state index contributed by atoms with van der Waals surface area (Å²) in [6.07, 6.45) is 0. The summed E-state index contributed by atoms with van der Waals surface area (Å²) in [4.78, 5) is 25.2. The number of H-pyrrole nitrogens is 1. The predicted octanol–water partition coefficient (Wildman–Crippen LogP) is 3.68. The zero-order valence-electron chi connectivity index (χ0n) is 14.3. The highest BCUT2D eigenvalue weighted by atomic mass is 16.6. The van der Waals surface area contributed by atoms with E-state index in [1.54, 1.807) is 17.0 Å². The topological polar surface area (TPSA) is 92.1 Å². The normalized spacial score (nSPS) is 16.0. The van der Waals surface area contributed by atoms with Crippen LogP contribution >= 0.6 is 0 Å². The molecule has 1 aliphatic heterocycles. The lowest BCUT2D eigenvalue weighted by Gasteiger charge is -2.26. The van der Waals surface area contributed by atoms with E-state index in [9.17, 15) is 14.9 Å². The Kier molecular flexibility index (Phi) is 3.57. The molecular formula is C19H16N4O3. The van der Waals surface area contributed by atoms with Gasteiger partial charge in [0.2, 0.25) is 0 Å². The number of carbonyl (C=O) groups is 1. The van der Waals surface area contributed by atoms with Gasteiger partial charge in [-0.2, -0.15) is 5.10 Å². The molecule has 7 heteroatoms. The number of nitro benzene ring substituents is 1. The molecule has 130 valence electrons. The van der Waals surface area contributed by atoms with Gasteiger partial charge in [-0.25, -0.2) is 0 Å². The van der Waals surface area contributed by atoms with Crippen LogP contribution in [0.1, 0.15) is 38.9 Å². The van der Waals surface area contributed by atoms with E-state index in [-0.39, 0.29) is 17.6 Å². The van der Waals surface area contributed by atoms with Gasteiger partial charge in [-0.15, -0.1) is 0 Å². The van der Waals surface area contributed by atoms with Gasteiger partial charge in [0, 0.05) is 29.1 Å². The fraction of sp³-hybridized carbons (Fsp3) is 0.158. The molecule has 0 aliphatic carbocycles. The van der Waals surface area contributed by atoms with Crippen LogP contribution in [0.3, 0.4) is 0 Å². The molecule has 0 saturated heterocycles. The first-order chi connectivity index (χ1) is 12.5. The largest absolute Gasteiger partial charge is 0.295 e. The monoisotopic (exact) mass is 348 g/mol. The molecule has 0 radical (unpaired) electrons. The molecular weight excluding hydrogens is 332 g/mol. The van der Waals surface area contributed by atoms with Gasteiger partial charge in [-0.05, 0) is 43.7 Å². The van der Waals surface area contributed by atoms with Gasteiger partial charge in [0.1, 0.15) is 0 Å². The molecule has 1 unspecified atom stereocenters. The lowest BCUT2D eigenvalue weighted by atomic mass is 9.98. The minimum Gasteiger partial charge on any atom is -0.295 e. The Morgan fingerprint density at radius 2 is 1.73 bits per heavy atom. The Morgan fingerprint density at radius 3 is 2.35 bits per heavy atom. The van der Waals surface area contributed by atoms with Crippen LogP contribution in [0.2, 0.25) is 0 Å². The van der Waals surface area contributed by atoms with Crippen molar-refractivity contribution in [3.63, 3.8) is 0 Å². The second kappa shape index (κ2) is 5.80. The lowest BCUT2D eigenvalue weighted by Crippen LogP contribution is -2.29. The highest BCUT2D eigenvalue weighted by Gasteiger charge is 2.42. The molecule has 0 spiro atoms. The standard InChI is InChI=1S/C19H16N4O3/c1-11-3-7-14(8-4-11)22-18(13-5-9-15(10-6-13)23(25)26)16-12(2)20-21-17(16)19(22)24/h3-10,18H,1-2H3,(H,20,21). The number of carbonyl (C=O) groups excluding carboxylic acids is 1. The Bertz CT molecular complexity index is 1010. The smallest absolute Gasteiger partial charge is 0.279 e. The number of amides is 1. The molecule has 0 fully saturated rings. The molecule has 0 bridgehead atoms. The molecule has 0 saturated carbocycles. The Labute approximate surface area is 149 Å². The van der Waals surface area contributed by atoms with Crippen molar-refractivity contribution in [3.8, 4) is 0 Å². The van der Waals surface area contributed by atoms with E-state index in [1.165, 1.54) is 12.1 Å². The number of fused-ring (bicyclic) bond motifs is 1. The minimum absolute atomic E-state index is 0.0177. The molecule has 1 aliphatic rings. The molecule has 7 nitrogen and oxygen atoms in total. The summed E-state index contributed by atoms with van der Waals surface area (Å²) in [5.41, 5.74) is 4.70. The Morgan fingerprint density at radius 1 is 1.08 bits per heavy atom. The van der Waals surface area contributed by atoms with Gasteiger partial charge >= 0.3 is 0 Å². The summed E-state index contributed by atoms with van der Waals surface area (Å²) >= 11 is 0. The van der Waals surface area contributed by atoms with Crippen molar-refractivity contribution < 1.29 is 9.72 Å². The summed E-state index contributed by atoms with van der Waals surface area (Å²) in [6, 6.07) is 13.6. The maximum Gasteiger partial charge on any atom is 0.279 e. The van der Waals surface area contributed by atoms with E-state index in [4.69, 9.17) is 0 Å². The predicted molar refractivity (Wildman–Crippen MR) is 96.3 cm³/mol. The van der Waals surface area contributed by atoms with Crippen molar-refractivity contribution in [1.82, 2.24) is 10.2 Å². The van der Waals surface area contributed by atoms with Crippen LogP contribution in [-0.4, -0.2) is 21.0 Å². The first-order valence-electron chi connectivity index (χ1n) is 8.17. The number of hydrogen-bond donors (Lipinski definition) is 1. The van der Waals surface area contributed by atoms with E-state index >= 15 is 0 Å². The van der Waals surface area contributed by atoms with E-state index < -0.39 is 4.92 Å². The number of nitrogens with zero attached hydrogens (tertiary/aromatic N) is 3. The summed E-state index contributed by atoms with van der Waals surface area (Å²) in [6.45, 7) is 3.86. The van der Waals surface area contributed by atoms with Gasteiger partial charge in [0.05, 0.1) is 11.0 Å². The second-order valence-corrected chi connectivity index (χ2v) is 6.37. The molecule has 3 aromatic rings. The summed E-state index contributed by atoms with van der Waals surface area (Å²) < 4.78 is 0. The molecule has 2 heterocycles. The third kappa shape index (κ3) is 2.36. The first-order valence-corrected chi connectivity index (χ1v) is 8.17. The maximum atomic E-state index is 13.0. The van der Waals surface area contributed by atoms with Crippen LogP contribution in [0.5, 0.6) is 0 Å². The maximum absolute atomic E-state index is 13.0. The van der Waals surface area contributed by atoms with Crippen LogP contribution in [-0.2, 0) is 0 Å². The number of aromatic nitrogens is 2. The van der Waals surface area contributed by atoms with Crippen LogP contribution in [0.4, 0.5) is 11.4 Å². The van der Waals surface area contributed by atoms with Crippen LogP contribution < -0.4 is 4.90 Å². The van der Waals surface area contributed by atoms with Crippen LogP contribution in [0.15, 0.2) is 48.5 Å². The van der Waals surface area contributed by atoms with E-state index in [0.717, 1.165) is 28.1 Å². The highest BCUT2D eigenvalue weighted by molar-refractivity contribution is 6.10. The van der Waals surface area contributed by atoms with Gasteiger partial charge < -0.3 is 0 Å². The summed E-state index contributed by atoms with van der Waals surface area (Å²) in [5.74, 6) is -0.184. The molecule has 4 rings (SSSR count). The zero-order chi connectivity index (χ0) is 18.4. The van der Waals surface area contributed by atoms with Crippen molar-refractivity contribution in [3.05, 3.63) is 86.7 Å². The number of nitrogens with one attached hydrogen (secondary N) is 1. The molecule has 1 amide bonds. The van der Waals surface area contributed by atoms with Crippen molar-refractivity contribution in [1.29, 1.82) is 0 Å². The van der Waals surface area contributed by atoms with Crippen LogP contribution in [0, 0.1) is 24.0 Å². The van der Waals surface area contributed by atoms with Crippen molar-refractivity contribution in [2.75, 3.05) is 4.90 Å². The average molecular weight is 348 g/mol. The third-order valence-corrected chi connectivity index (χ3v) is 4.68. The van der Waals surface area contributed by atoms with Gasteiger partial charge in [0.25, 0.3) is 11.6 Å². The molecule has 2 aromatic carbocycles. The first kappa shape index (κ1) is 16.0.